The van der Waals surface area contributed by atoms with Gasteiger partial charge < -0.3 is 9.47 Å². The normalized spacial score (nSPS) is 34.9. The molecule has 7 nitrogen and oxygen atoms in total. The van der Waals surface area contributed by atoms with Crippen molar-refractivity contribution >= 4 is 22.1 Å². The first-order valence-electron chi connectivity index (χ1n) is 6.32. The average molecular weight is 306 g/mol. The lowest BCUT2D eigenvalue weighted by Gasteiger charge is -2.34. The van der Waals surface area contributed by atoms with E-state index < -0.39 is 50.8 Å². The third kappa shape index (κ3) is 1.85. The van der Waals surface area contributed by atoms with E-state index in [1.54, 1.807) is 20.8 Å². The minimum absolute atomic E-state index is 0.354. The van der Waals surface area contributed by atoms with E-state index in [1.807, 2.05) is 0 Å². The minimum Gasteiger partial charge on any atom is -0.462 e. The molecule has 0 amide bonds. The summed E-state index contributed by atoms with van der Waals surface area (Å²) in [6.07, 6.45) is 0.874. The Hall–Kier alpha value is -1.15. The van der Waals surface area contributed by atoms with Crippen LogP contribution in [0.5, 0.6) is 0 Å². The van der Waals surface area contributed by atoms with Gasteiger partial charge in [-0.25, -0.2) is 4.79 Å². The smallest absolute Gasteiger partial charge is 0.351 e. The molecule has 1 unspecified atom stereocenters. The Balaban J connectivity index is 2.16. The van der Waals surface area contributed by atoms with Crippen LogP contribution in [0.2, 0.25) is 0 Å². The van der Waals surface area contributed by atoms with Crippen LogP contribution in [-0.2, 0) is 29.2 Å². The van der Waals surface area contributed by atoms with Crippen LogP contribution in [0.1, 0.15) is 33.6 Å². The Labute approximate surface area is 117 Å². The molecule has 0 spiro atoms. The molecule has 20 heavy (non-hydrogen) atoms. The lowest BCUT2D eigenvalue weighted by Crippen LogP contribution is -2.49. The average Bonchev–Trinajstić information content (AvgIpc) is 2.57. The lowest BCUT2D eigenvalue weighted by atomic mass is 9.66. The van der Waals surface area contributed by atoms with Crippen LogP contribution >= 0.6 is 0 Å². The van der Waals surface area contributed by atoms with Gasteiger partial charge in [0.25, 0.3) is 10.1 Å². The van der Waals surface area contributed by atoms with Crippen LogP contribution < -0.4 is 0 Å². The van der Waals surface area contributed by atoms with Gasteiger partial charge >= 0.3 is 11.9 Å². The first-order chi connectivity index (χ1) is 8.96. The Morgan fingerprint density at radius 1 is 1.35 bits per heavy atom. The number of hydrogen-bond donors (Lipinski definition) is 1. The Kier molecular flexibility index (Phi) is 3.18. The summed E-state index contributed by atoms with van der Waals surface area (Å²) in [6, 6.07) is 0. The molecule has 2 fully saturated rings. The minimum atomic E-state index is -4.20. The monoisotopic (exact) mass is 306 g/mol. The van der Waals surface area contributed by atoms with E-state index in [-0.39, 0.29) is 0 Å². The summed E-state index contributed by atoms with van der Waals surface area (Å²) in [5, 5.41) is 0. The van der Waals surface area contributed by atoms with Gasteiger partial charge in [0.2, 0.25) is 5.60 Å². The highest BCUT2D eigenvalue weighted by Gasteiger charge is 2.76. The number of ether oxygens (including phenoxy) is 2. The van der Waals surface area contributed by atoms with E-state index in [0.717, 1.165) is 0 Å². The maximum Gasteiger partial charge on any atom is 0.351 e. The fourth-order valence-electron chi connectivity index (χ4n) is 3.06. The van der Waals surface area contributed by atoms with Crippen LogP contribution in [0, 0.1) is 10.8 Å². The van der Waals surface area contributed by atoms with Crippen LogP contribution in [0.4, 0.5) is 0 Å². The topological polar surface area (TPSA) is 107 Å². The van der Waals surface area contributed by atoms with E-state index in [0.29, 0.717) is 12.8 Å². The third-order valence-corrected chi connectivity index (χ3v) is 5.67. The molecule has 2 aliphatic rings. The third-order valence-electron chi connectivity index (χ3n) is 4.99. The van der Waals surface area contributed by atoms with Gasteiger partial charge in [0.15, 0.2) is 0 Å². The van der Waals surface area contributed by atoms with Crippen LogP contribution in [0.3, 0.4) is 0 Å². The van der Waals surface area contributed by atoms with E-state index in [1.165, 1.54) is 0 Å². The van der Waals surface area contributed by atoms with Crippen LogP contribution in [-0.4, -0.2) is 42.9 Å². The summed E-state index contributed by atoms with van der Waals surface area (Å²) in [5.74, 6) is -1.86. The van der Waals surface area contributed by atoms with Gasteiger partial charge in [0.05, 0.1) is 5.41 Å². The molecule has 1 saturated carbocycles. The maximum atomic E-state index is 12.2. The fourth-order valence-corrected chi connectivity index (χ4v) is 3.35. The van der Waals surface area contributed by atoms with Crippen molar-refractivity contribution in [1.82, 2.24) is 0 Å². The van der Waals surface area contributed by atoms with Crippen molar-refractivity contribution in [2.45, 2.75) is 39.2 Å². The molecule has 8 heteroatoms. The van der Waals surface area contributed by atoms with Crippen molar-refractivity contribution in [1.29, 1.82) is 0 Å². The summed E-state index contributed by atoms with van der Waals surface area (Å²) in [6.45, 7) is 4.84. The van der Waals surface area contributed by atoms with Gasteiger partial charge in [-0.3, -0.25) is 9.35 Å². The van der Waals surface area contributed by atoms with Crippen molar-refractivity contribution in [2.75, 3.05) is 12.4 Å². The molecule has 1 heterocycles. The quantitative estimate of drug-likeness (QED) is 0.596. The summed E-state index contributed by atoms with van der Waals surface area (Å²) in [5.41, 5.74) is -2.83. The summed E-state index contributed by atoms with van der Waals surface area (Å²) in [4.78, 5) is 24.2. The molecule has 0 radical (unpaired) electrons. The van der Waals surface area contributed by atoms with Gasteiger partial charge in [0.1, 0.15) is 12.4 Å². The number of carbonyl (C=O) groups excluding carboxylic acids is 2. The lowest BCUT2D eigenvalue weighted by molar-refractivity contribution is -0.182. The SMILES string of the molecule is CC1(C)C2(C(=O)OCCS(=O)(=O)O)CC[C@]1(C)C(=O)O2. The molecule has 1 saturated heterocycles. The predicted molar refractivity (Wildman–Crippen MR) is 67.3 cm³/mol. The molecule has 1 N–H and O–H groups in total. The van der Waals surface area contributed by atoms with Gasteiger partial charge in [-0.2, -0.15) is 8.42 Å². The molecule has 0 aromatic carbocycles. The van der Waals surface area contributed by atoms with E-state index in [4.69, 9.17) is 14.0 Å². The highest BCUT2D eigenvalue weighted by atomic mass is 32.2. The van der Waals surface area contributed by atoms with Gasteiger partial charge in [-0.05, 0) is 19.8 Å². The highest BCUT2D eigenvalue weighted by Crippen LogP contribution is 2.65. The van der Waals surface area contributed by atoms with Gasteiger partial charge in [-0.15, -0.1) is 0 Å². The summed E-state index contributed by atoms with van der Waals surface area (Å²) < 4.78 is 40.0. The molecule has 1 aliphatic heterocycles. The van der Waals surface area contributed by atoms with E-state index in [9.17, 15) is 18.0 Å². The molecule has 2 bridgehead atoms. The van der Waals surface area contributed by atoms with Gasteiger partial charge in [-0.1, -0.05) is 13.8 Å². The number of esters is 2. The van der Waals surface area contributed by atoms with Crippen LogP contribution in [0.15, 0.2) is 0 Å². The Morgan fingerprint density at radius 2 is 1.95 bits per heavy atom. The Bertz CT molecular complexity index is 564. The zero-order chi connectivity index (χ0) is 15.4. The molecular formula is C12H18O7S. The zero-order valence-electron chi connectivity index (χ0n) is 11.6. The summed E-state index contributed by atoms with van der Waals surface area (Å²) >= 11 is 0. The maximum absolute atomic E-state index is 12.2. The van der Waals surface area contributed by atoms with Crippen molar-refractivity contribution < 1.29 is 32.0 Å². The van der Waals surface area contributed by atoms with E-state index in [2.05, 4.69) is 0 Å². The second-order valence-electron chi connectivity index (χ2n) is 6.10. The van der Waals surface area contributed by atoms with Crippen molar-refractivity contribution in [2.24, 2.45) is 10.8 Å². The molecule has 0 aromatic heterocycles. The molecule has 2 atom stereocenters. The molecular weight excluding hydrogens is 288 g/mol. The second-order valence-corrected chi connectivity index (χ2v) is 7.67. The molecule has 114 valence electrons. The molecule has 2 rings (SSSR count). The number of rotatable bonds is 4. The molecule has 0 aromatic rings. The first-order valence-corrected chi connectivity index (χ1v) is 7.93. The predicted octanol–water partition coefficient (Wildman–Crippen LogP) is 0.539. The summed E-state index contributed by atoms with van der Waals surface area (Å²) in [7, 11) is -4.20. The van der Waals surface area contributed by atoms with Crippen molar-refractivity contribution in [3.05, 3.63) is 0 Å². The largest absolute Gasteiger partial charge is 0.462 e. The molecule has 1 aliphatic carbocycles. The van der Waals surface area contributed by atoms with Crippen LogP contribution in [0.25, 0.3) is 0 Å². The zero-order valence-corrected chi connectivity index (χ0v) is 12.4. The Morgan fingerprint density at radius 3 is 2.35 bits per heavy atom. The van der Waals surface area contributed by atoms with Crippen molar-refractivity contribution in [3.63, 3.8) is 0 Å². The van der Waals surface area contributed by atoms with Gasteiger partial charge in [0, 0.05) is 5.41 Å². The first kappa shape index (κ1) is 15.2. The second kappa shape index (κ2) is 4.17. The highest BCUT2D eigenvalue weighted by molar-refractivity contribution is 7.85. The number of hydrogen-bond acceptors (Lipinski definition) is 6. The fraction of sp³-hybridized carbons (Fsp3) is 0.833. The van der Waals surface area contributed by atoms with E-state index >= 15 is 0 Å². The number of fused-ring (bicyclic) bond motifs is 2. The number of carbonyl (C=O) groups is 2. The van der Waals surface area contributed by atoms with Crippen molar-refractivity contribution in [3.8, 4) is 0 Å². The standard InChI is InChI=1S/C12H18O7S/c1-10(2)11(3)4-5-12(10,19-8(11)13)9(14)18-6-7-20(15,16)17/h4-7H2,1-3H3,(H,15,16,17)/t11-,12?/m1/s1.